The number of benzene rings is 1. The van der Waals surface area contributed by atoms with E-state index in [-0.39, 0.29) is 11.0 Å². The summed E-state index contributed by atoms with van der Waals surface area (Å²) in [6, 6.07) is 1.64. The van der Waals surface area contributed by atoms with Gasteiger partial charge in [-0.2, -0.15) is 0 Å². The molecule has 4 nitrogen and oxygen atoms in total. The highest BCUT2D eigenvalue weighted by molar-refractivity contribution is 5.86. The molecule has 0 bridgehead atoms. The van der Waals surface area contributed by atoms with Crippen LogP contribution < -0.4 is 0 Å². The number of fused-ring (bicyclic) bond motifs is 1. The standard InChI is InChI=1S/C8H3F2NO3/c9-5-3-6(11(12)13)8-4(7(5)10)1-2-14-8/h1-3H. The van der Waals surface area contributed by atoms with Gasteiger partial charge in [0.2, 0.25) is 5.58 Å². The average molecular weight is 199 g/mol. The molecule has 0 saturated heterocycles. The molecule has 6 heteroatoms. The molecule has 0 aliphatic carbocycles. The molecule has 2 rings (SSSR count). The van der Waals surface area contributed by atoms with Gasteiger partial charge in [-0.1, -0.05) is 0 Å². The third kappa shape index (κ3) is 1.04. The van der Waals surface area contributed by atoms with Gasteiger partial charge >= 0.3 is 5.69 Å². The molecule has 0 amide bonds. The van der Waals surface area contributed by atoms with Crippen LogP contribution in [0.15, 0.2) is 22.8 Å². The molecule has 0 atom stereocenters. The van der Waals surface area contributed by atoms with E-state index in [4.69, 9.17) is 4.42 Å². The van der Waals surface area contributed by atoms with Gasteiger partial charge in [0.05, 0.1) is 22.6 Å². The van der Waals surface area contributed by atoms with Gasteiger partial charge in [0, 0.05) is 0 Å². The van der Waals surface area contributed by atoms with Crippen LogP contribution in [0.4, 0.5) is 14.5 Å². The second-order valence-corrected chi connectivity index (χ2v) is 2.61. The van der Waals surface area contributed by atoms with Crippen molar-refractivity contribution < 1.29 is 18.1 Å². The first-order chi connectivity index (χ1) is 6.61. The summed E-state index contributed by atoms with van der Waals surface area (Å²) in [5, 5.41) is 10.2. The van der Waals surface area contributed by atoms with Crippen molar-refractivity contribution >= 4 is 16.7 Å². The van der Waals surface area contributed by atoms with Crippen LogP contribution in [0.25, 0.3) is 11.0 Å². The Morgan fingerprint density at radius 3 is 2.79 bits per heavy atom. The maximum atomic E-state index is 13.0. The lowest BCUT2D eigenvalue weighted by Crippen LogP contribution is -1.92. The van der Waals surface area contributed by atoms with Gasteiger partial charge in [0.1, 0.15) is 0 Å². The molecule has 0 N–H and O–H groups in total. The molecule has 0 radical (unpaired) electrons. The van der Waals surface area contributed by atoms with E-state index in [0.29, 0.717) is 6.07 Å². The molecular formula is C8H3F2NO3. The van der Waals surface area contributed by atoms with Crippen LogP contribution in [0, 0.1) is 21.7 Å². The van der Waals surface area contributed by atoms with Crippen LogP contribution >= 0.6 is 0 Å². The highest BCUT2D eigenvalue weighted by Gasteiger charge is 2.21. The second kappa shape index (κ2) is 2.76. The minimum Gasteiger partial charge on any atom is -0.457 e. The summed E-state index contributed by atoms with van der Waals surface area (Å²) < 4.78 is 30.5. The Morgan fingerprint density at radius 2 is 2.14 bits per heavy atom. The van der Waals surface area contributed by atoms with E-state index in [1.807, 2.05) is 0 Å². The summed E-state index contributed by atoms with van der Waals surface area (Å²) in [5.74, 6) is -2.40. The number of nitro benzene ring substituents is 1. The normalized spacial score (nSPS) is 10.7. The third-order valence-electron chi connectivity index (χ3n) is 1.80. The Kier molecular flexibility index (Phi) is 1.70. The lowest BCUT2D eigenvalue weighted by molar-refractivity contribution is -0.383. The van der Waals surface area contributed by atoms with E-state index in [0.717, 1.165) is 12.3 Å². The zero-order valence-corrected chi connectivity index (χ0v) is 6.66. The molecule has 72 valence electrons. The van der Waals surface area contributed by atoms with Crippen LogP contribution in [0.2, 0.25) is 0 Å². The van der Waals surface area contributed by atoms with Crippen LogP contribution in [0.5, 0.6) is 0 Å². The molecule has 1 aromatic heterocycles. The molecule has 2 aromatic rings. The van der Waals surface area contributed by atoms with Gasteiger partial charge in [-0.25, -0.2) is 8.78 Å². The lowest BCUT2D eigenvalue weighted by atomic mass is 10.2. The molecule has 1 aromatic carbocycles. The van der Waals surface area contributed by atoms with E-state index < -0.39 is 22.2 Å². The summed E-state index contributed by atoms with van der Waals surface area (Å²) in [6.45, 7) is 0. The van der Waals surface area contributed by atoms with Crippen molar-refractivity contribution in [3.05, 3.63) is 40.1 Å². The van der Waals surface area contributed by atoms with Crippen LogP contribution in [0.3, 0.4) is 0 Å². The summed E-state index contributed by atoms with van der Waals surface area (Å²) in [7, 11) is 0. The summed E-state index contributed by atoms with van der Waals surface area (Å²) in [6.07, 6.45) is 1.07. The number of furan rings is 1. The molecule has 1 heterocycles. The van der Waals surface area contributed by atoms with E-state index in [1.165, 1.54) is 0 Å². The van der Waals surface area contributed by atoms with Crippen molar-refractivity contribution in [3.8, 4) is 0 Å². The highest BCUT2D eigenvalue weighted by Crippen LogP contribution is 2.30. The number of hydrogen-bond donors (Lipinski definition) is 0. The van der Waals surface area contributed by atoms with Gasteiger partial charge in [-0.15, -0.1) is 0 Å². The van der Waals surface area contributed by atoms with Crippen molar-refractivity contribution in [2.24, 2.45) is 0 Å². The number of rotatable bonds is 1. The predicted molar refractivity (Wildman–Crippen MR) is 42.8 cm³/mol. The Hall–Kier alpha value is -1.98. The summed E-state index contributed by atoms with van der Waals surface area (Å²) in [4.78, 5) is 9.61. The fourth-order valence-electron chi connectivity index (χ4n) is 1.19. The van der Waals surface area contributed by atoms with Crippen LogP contribution in [0.1, 0.15) is 0 Å². The Labute approximate surface area is 75.9 Å². The average Bonchev–Trinajstić information content (AvgIpc) is 2.59. The first-order valence-corrected chi connectivity index (χ1v) is 3.61. The van der Waals surface area contributed by atoms with Crippen molar-refractivity contribution in [2.45, 2.75) is 0 Å². The minimum absolute atomic E-state index is 0.225. The number of nitrogens with zero attached hydrogens (tertiary/aromatic N) is 1. The maximum absolute atomic E-state index is 13.0. The SMILES string of the molecule is O=[N+]([O-])c1cc(F)c(F)c2ccoc12. The van der Waals surface area contributed by atoms with Gasteiger partial charge in [-0.3, -0.25) is 10.1 Å². The monoisotopic (exact) mass is 199 g/mol. The maximum Gasteiger partial charge on any atom is 0.315 e. The van der Waals surface area contributed by atoms with Gasteiger partial charge < -0.3 is 4.42 Å². The first-order valence-electron chi connectivity index (χ1n) is 3.61. The number of hydrogen-bond acceptors (Lipinski definition) is 3. The Balaban J connectivity index is 2.91. The van der Waals surface area contributed by atoms with E-state index in [9.17, 15) is 18.9 Å². The van der Waals surface area contributed by atoms with Crippen molar-refractivity contribution in [1.29, 1.82) is 0 Å². The zero-order valence-electron chi connectivity index (χ0n) is 6.66. The van der Waals surface area contributed by atoms with Crippen LogP contribution in [-0.2, 0) is 0 Å². The van der Waals surface area contributed by atoms with Gasteiger partial charge in [-0.05, 0) is 6.07 Å². The molecule has 0 spiro atoms. The van der Waals surface area contributed by atoms with Crippen LogP contribution in [-0.4, -0.2) is 4.92 Å². The molecule has 0 unspecified atom stereocenters. The molecule has 0 fully saturated rings. The number of nitro groups is 1. The molecule has 0 aliphatic rings. The Morgan fingerprint density at radius 1 is 1.43 bits per heavy atom. The highest BCUT2D eigenvalue weighted by atomic mass is 19.2. The van der Waals surface area contributed by atoms with E-state index in [1.54, 1.807) is 0 Å². The number of non-ortho nitro benzene ring substituents is 1. The van der Waals surface area contributed by atoms with E-state index >= 15 is 0 Å². The topological polar surface area (TPSA) is 56.3 Å². The third-order valence-corrected chi connectivity index (χ3v) is 1.80. The number of halogens is 2. The lowest BCUT2D eigenvalue weighted by Gasteiger charge is -1.95. The fraction of sp³-hybridized carbons (Fsp3) is 0. The molecule has 0 saturated carbocycles. The Bertz CT molecular complexity index is 521. The molecule has 14 heavy (non-hydrogen) atoms. The van der Waals surface area contributed by atoms with Crippen molar-refractivity contribution in [1.82, 2.24) is 0 Å². The second-order valence-electron chi connectivity index (χ2n) is 2.61. The van der Waals surface area contributed by atoms with Crippen molar-refractivity contribution in [2.75, 3.05) is 0 Å². The van der Waals surface area contributed by atoms with Crippen molar-refractivity contribution in [3.63, 3.8) is 0 Å². The first kappa shape index (κ1) is 8.61. The fourth-order valence-corrected chi connectivity index (χ4v) is 1.19. The predicted octanol–water partition coefficient (Wildman–Crippen LogP) is 2.62. The molecular weight excluding hydrogens is 196 g/mol. The summed E-state index contributed by atoms with van der Waals surface area (Å²) >= 11 is 0. The van der Waals surface area contributed by atoms with Gasteiger partial charge in [0.15, 0.2) is 11.6 Å². The minimum atomic E-state index is -1.26. The zero-order chi connectivity index (χ0) is 10.3. The smallest absolute Gasteiger partial charge is 0.315 e. The van der Waals surface area contributed by atoms with Gasteiger partial charge in [0.25, 0.3) is 0 Å². The molecule has 0 aliphatic heterocycles. The van der Waals surface area contributed by atoms with E-state index in [2.05, 4.69) is 0 Å². The quantitative estimate of drug-likeness (QED) is 0.523. The summed E-state index contributed by atoms with van der Waals surface area (Å²) in [5.41, 5.74) is -0.835. The largest absolute Gasteiger partial charge is 0.457 e.